The number of nitrogens with zero attached hydrogens (tertiary/aromatic N) is 12. The zero-order chi connectivity index (χ0) is 99.8. The van der Waals surface area contributed by atoms with Crippen molar-refractivity contribution in [2.24, 2.45) is 0 Å². The predicted molar refractivity (Wildman–Crippen MR) is 597 cm³/mol. The monoisotopic (exact) mass is 1860 g/mol. The molecule has 0 amide bonds. The molecule has 0 aliphatic heterocycles. The van der Waals surface area contributed by atoms with E-state index < -0.39 is 0 Å². The molecule has 0 atom stereocenters. The molecule has 146 heavy (non-hydrogen) atoms. The zero-order valence-electron chi connectivity index (χ0n) is 80.5. The first-order valence-corrected chi connectivity index (χ1v) is 48.2. The highest BCUT2D eigenvalue weighted by Crippen LogP contribution is 2.54. The maximum Gasteiger partial charge on any atom is 0.215 e. The number of fused-ring (bicyclic) bond motifs is 12. The largest absolute Gasteiger partial charge is 0.318 e. The molecule has 0 aliphatic rings. The number of nitriles is 4. The normalized spacial score (nSPS) is 11.2. The van der Waals surface area contributed by atoms with Crippen molar-refractivity contribution in [3.63, 3.8) is 0 Å². The lowest BCUT2D eigenvalue weighted by atomic mass is 9.83. The summed E-state index contributed by atoms with van der Waals surface area (Å²) in [6.07, 6.45) is 0. The van der Waals surface area contributed by atoms with E-state index in [9.17, 15) is 21.0 Å². The summed E-state index contributed by atoms with van der Waals surface area (Å²) < 4.78 is 8.30. The van der Waals surface area contributed by atoms with Crippen molar-refractivity contribution in [3.8, 4) is 158 Å². The second-order valence-electron chi connectivity index (χ2n) is 37.0. The van der Waals surface area contributed by atoms with Gasteiger partial charge in [0, 0.05) is 43.1 Å². The Morgan fingerprint density at radius 2 is 0.397 bits per heavy atom. The number of hydrogen-bond donors (Lipinski definition) is 0. The van der Waals surface area contributed by atoms with Crippen molar-refractivity contribution in [1.29, 1.82) is 21.0 Å². The molecule has 0 saturated carbocycles. The minimum atomic E-state index is 0.280. The Bertz CT molecular complexity index is 8940. The van der Waals surface area contributed by atoms with E-state index in [1.54, 1.807) is 0 Å². The highest BCUT2D eigenvalue weighted by molar-refractivity contribution is 6.18. The van der Waals surface area contributed by atoms with E-state index in [4.69, 9.17) is 26.3 Å². The molecule has 0 fully saturated rings. The van der Waals surface area contributed by atoms with Gasteiger partial charge in [-0.3, -0.25) is 0 Å². The van der Waals surface area contributed by atoms with Gasteiger partial charge in [0.15, 0.2) is 0 Å². The number of rotatable bonds is 14. The van der Waals surface area contributed by atoms with E-state index in [-0.39, 0.29) is 5.69 Å². The van der Waals surface area contributed by atoms with Crippen LogP contribution in [0.5, 0.6) is 0 Å². The highest BCUT2D eigenvalue weighted by Gasteiger charge is 2.34. The van der Waals surface area contributed by atoms with Gasteiger partial charge in [-0.15, -0.1) is 0 Å². The average molecular weight is 1860 g/mol. The minimum absolute atomic E-state index is 0.280. The fourth-order valence-electron chi connectivity index (χ4n) is 22.2. The van der Waals surface area contributed by atoms with Crippen molar-refractivity contribution >= 4 is 110 Å². The summed E-state index contributed by atoms with van der Waals surface area (Å²) in [6.45, 7) is 46.9. The maximum absolute atomic E-state index is 11.4. The third kappa shape index (κ3) is 14.7. The standard InChI is InChI=1S/C68H44N6.C66H40N6/c1-41-57(39-69)67(73-59-31-27-49(45-19-11-7-12-20-45)35-53(59)54-36-50(28-32-60(54)73)46-21-13-8-14-22-46)65(71-5)43(3)63(41)64-42(2)58(40-70)68(66(72-6)44(64)4)74-61-33-29-51(47-23-15-9-16-24-47)37-55(61)56-38-52(30-34-62(56)74)48-25-17-10-18-26-48;1-41-53(38-59(69-3)66(58(41)40-68)72-62-31-27-49(45-21-13-7-14-22-45)35-56(62)57-36-50(28-32-63(57)72)46-23-15-8-16-24-46)52-37-51(39-67)65(64(70-4)42(52)2)71-60-29-25-47(43-17-9-5-10-18-43)33-54(60)55-34-48(26-30-61(55)71)44-19-11-6-12-20-44/h7-38H,1-4H3;5-38H,1-2H3. The molecule has 0 unspecified atom stereocenters. The fraction of sp³-hybridized carbons (Fsp3) is 0.0448. The zero-order valence-corrected chi connectivity index (χ0v) is 80.5. The minimum Gasteiger partial charge on any atom is -0.318 e. The number of benzene rings is 20. The Morgan fingerprint density at radius 1 is 0.192 bits per heavy atom. The Balaban J connectivity index is 0.000000161. The molecular formula is C134H84N12. The Morgan fingerprint density at radius 3 is 0.610 bits per heavy atom. The van der Waals surface area contributed by atoms with Crippen LogP contribution in [0.4, 0.5) is 22.7 Å². The van der Waals surface area contributed by atoms with Crippen LogP contribution in [0.15, 0.2) is 400 Å². The first-order valence-electron chi connectivity index (χ1n) is 48.2. The average Bonchev–Trinajstić information content (AvgIpc) is 1.58. The first kappa shape index (κ1) is 89.4. The predicted octanol–water partition coefficient (Wildman–Crippen LogP) is 36.0. The molecule has 0 saturated heterocycles. The Labute approximate surface area is 845 Å². The molecule has 12 nitrogen and oxygen atoms in total. The van der Waals surface area contributed by atoms with Gasteiger partial charge in [-0.25, -0.2) is 19.4 Å². The summed E-state index contributed by atoms with van der Waals surface area (Å²) in [4.78, 5) is 16.9. The summed E-state index contributed by atoms with van der Waals surface area (Å²) >= 11 is 0. The topological polar surface area (TPSA) is 132 Å². The lowest BCUT2D eigenvalue weighted by Crippen LogP contribution is -2.08. The second kappa shape index (κ2) is 36.7. The van der Waals surface area contributed by atoms with E-state index in [2.05, 4.69) is 305 Å². The summed E-state index contributed by atoms with van der Waals surface area (Å²) in [5.74, 6) is 0. The molecule has 0 radical (unpaired) electrons. The van der Waals surface area contributed by atoms with E-state index in [1.807, 2.05) is 199 Å². The SMILES string of the molecule is [C-]#[N+]c1c(C)c(-c2c(C)c(C#N)c(-n3c4ccc(-c5ccccc5)cc4c4cc(-c5ccccc5)ccc43)c([N+]#[C-])c2C)c(C)c(C#N)c1-n1c2ccc(-c3ccccc3)cc2c2cc(-c3ccccc3)ccc21.[C-]#[N+]c1cc(-c2cc(C#N)c(-n3c4ccc(-c5ccccc5)cc4c4cc(-c5ccccc5)ccc43)c([N+]#[C-])c2C)c(C)c(C#N)c1-n1c2ccc(-c3ccccc3)cc2c2cc(-c3ccccc3)ccc21. The summed E-state index contributed by atoms with van der Waals surface area (Å²) in [5.41, 5.74) is 35.3. The van der Waals surface area contributed by atoms with E-state index in [0.29, 0.717) is 118 Å². The van der Waals surface area contributed by atoms with E-state index >= 15 is 0 Å². The van der Waals surface area contributed by atoms with Crippen LogP contribution >= 0.6 is 0 Å². The summed E-state index contributed by atoms with van der Waals surface area (Å²) in [7, 11) is 0. The third-order valence-electron chi connectivity index (χ3n) is 29.2. The molecule has 4 heterocycles. The summed E-state index contributed by atoms with van der Waals surface area (Å²) in [6, 6.07) is 147. The van der Waals surface area contributed by atoms with Crippen LogP contribution in [0.1, 0.15) is 55.6 Å². The molecule has 12 heteroatoms. The van der Waals surface area contributed by atoms with Gasteiger partial charge < -0.3 is 18.3 Å². The van der Waals surface area contributed by atoms with Gasteiger partial charge >= 0.3 is 0 Å². The molecule has 0 aliphatic carbocycles. The molecule has 20 aromatic carbocycles. The number of hydrogen-bond acceptors (Lipinski definition) is 4. The molecule has 0 bridgehead atoms. The van der Waals surface area contributed by atoms with Crippen LogP contribution in [0.3, 0.4) is 0 Å². The molecule has 0 spiro atoms. The van der Waals surface area contributed by atoms with Crippen LogP contribution in [0.25, 0.3) is 241 Å². The lowest BCUT2D eigenvalue weighted by molar-refractivity contribution is 1.14. The highest BCUT2D eigenvalue weighted by atomic mass is 15.0. The van der Waals surface area contributed by atoms with Crippen LogP contribution in [0.2, 0.25) is 0 Å². The Kier molecular flexibility index (Phi) is 22.5. The van der Waals surface area contributed by atoms with Gasteiger partial charge in [0.25, 0.3) is 0 Å². The van der Waals surface area contributed by atoms with Crippen molar-refractivity contribution in [2.45, 2.75) is 41.5 Å². The van der Waals surface area contributed by atoms with Gasteiger partial charge in [0.2, 0.25) is 22.7 Å². The quantitative estimate of drug-likeness (QED) is 0.100. The van der Waals surface area contributed by atoms with Crippen LogP contribution in [-0.2, 0) is 0 Å². The van der Waals surface area contributed by atoms with Crippen LogP contribution in [-0.4, -0.2) is 18.3 Å². The number of aromatic nitrogens is 4. The maximum atomic E-state index is 11.4. The third-order valence-corrected chi connectivity index (χ3v) is 29.2. The summed E-state index contributed by atoms with van der Waals surface area (Å²) in [5, 5.41) is 53.3. The van der Waals surface area contributed by atoms with E-state index in [0.717, 1.165) is 176 Å². The van der Waals surface area contributed by atoms with Gasteiger partial charge in [0.05, 0.1) is 121 Å². The van der Waals surface area contributed by atoms with Crippen LogP contribution in [0, 0.1) is 113 Å². The molecule has 4 aromatic heterocycles. The van der Waals surface area contributed by atoms with E-state index in [1.165, 1.54) is 0 Å². The van der Waals surface area contributed by atoms with Gasteiger partial charge in [-0.2, -0.15) is 21.0 Å². The molecule has 24 rings (SSSR count). The molecular weight excluding hydrogens is 1780 g/mol. The Hall–Kier alpha value is -20.5. The van der Waals surface area contributed by atoms with Crippen molar-refractivity contribution in [1.82, 2.24) is 18.3 Å². The first-order chi connectivity index (χ1) is 71.6. The fourth-order valence-corrected chi connectivity index (χ4v) is 22.2. The van der Waals surface area contributed by atoms with Gasteiger partial charge in [-0.05, 0) is 295 Å². The van der Waals surface area contributed by atoms with Gasteiger partial charge in [-0.1, -0.05) is 291 Å². The van der Waals surface area contributed by atoms with Gasteiger partial charge in [0.1, 0.15) is 18.2 Å². The van der Waals surface area contributed by atoms with Crippen LogP contribution < -0.4 is 0 Å². The van der Waals surface area contributed by atoms with Crippen molar-refractivity contribution < 1.29 is 0 Å². The smallest absolute Gasteiger partial charge is 0.215 e. The van der Waals surface area contributed by atoms with Crippen molar-refractivity contribution in [3.05, 3.63) is 502 Å². The lowest BCUT2D eigenvalue weighted by Gasteiger charge is -2.25. The van der Waals surface area contributed by atoms with Crippen molar-refractivity contribution in [2.75, 3.05) is 0 Å². The molecule has 680 valence electrons. The second-order valence-corrected chi connectivity index (χ2v) is 37.0. The molecule has 24 aromatic rings. The molecule has 0 N–H and O–H groups in total.